The van der Waals surface area contributed by atoms with Crippen molar-refractivity contribution in [2.24, 2.45) is 0 Å². The summed E-state index contributed by atoms with van der Waals surface area (Å²) >= 11 is 0. The van der Waals surface area contributed by atoms with Crippen molar-refractivity contribution in [1.82, 2.24) is 20.2 Å². The monoisotopic (exact) mass is 174 g/mol. The van der Waals surface area contributed by atoms with Crippen LogP contribution < -0.4 is 0 Å². The minimum Gasteiger partial charge on any atom is -0.322 e. The average Bonchev–Trinajstić information content (AvgIpc) is 2.10. The molecule has 5 nitrogen and oxygen atoms in total. The minimum absolute atomic E-state index is 0.369. The number of tetrazole rings is 1. The molecule has 1 rings (SSSR count). The Balaban J connectivity index is 2.73. The Kier molecular flexibility index (Phi) is 2.09. The first kappa shape index (κ1) is 8.40. The molecule has 1 aromatic rings. The Morgan fingerprint density at radius 1 is 1.55 bits per heavy atom. The third kappa shape index (κ3) is 2.80. The lowest BCUT2D eigenvalue weighted by Crippen LogP contribution is -2.02. The van der Waals surface area contributed by atoms with Gasteiger partial charge in [0.25, 0.3) is 0 Å². The third-order valence-corrected chi connectivity index (χ3v) is 1.95. The highest BCUT2D eigenvalue weighted by molar-refractivity contribution is 7.61. The predicted molar refractivity (Wildman–Crippen MR) is 42.0 cm³/mol. The molecule has 0 radical (unpaired) electrons. The van der Waals surface area contributed by atoms with Gasteiger partial charge in [-0.25, -0.2) is 0 Å². The van der Waals surface area contributed by atoms with Gasteiger partial charge < -0.3 is 4.57 Å². The van der Waals surface area contributed by atoms with Gasteiger partial charge in [-0.15, -0.1) is 10.2 Å². The molecule has 1 aromatic heterocycles. The Hall–Kier alpha value is -0.700. The van der Waals surface area contributed by atoms with Crippen molar-refractivity contribution in [3.8, 4) is 0 Å². The molecular weight excluding hydrogens is 163 g/mol. The van der Waals surface area contributed by atoms with Gasteiger partial charge in [0, 0.05) is 0 Å². The summed E-state index contributed by atoms with van der Waals surface area (Å²) in [5.74, 6) is 0.610. The maximum Gasteiger partial charge on any atom is 0.171 e. The maximum absolute atomic E-state index is 11.3. The molecule has 0 bridgehead atoms. The fraction of sp³-hybridized carbons (Fsp3) is 0.800. The van der Waals surface area contributed by atoms with Crippen molar-refractivity contribution in [3.05, 3.63) is 5.82 Å². The summed E-state index contributed by atoms with van der Waals surface area (Å²) in [5.41, 5.74) is 0. The number of nitrogens with zero attached hydrogens (tertiary/aromatic N) is 4. The van der Waals surface area contributed by atoms with E-state index in [0.29, 0.717) is 12.1 Å². The maximum atomic E-state index is 11.3. The van der Waals surface area contributed by atoms with E-state index in [1.807, 2.05) is 0 Å². The number of hydrogen-bond donors (Lipinski definition) is 0. The van der Waals surface area contributed by atoms with Crippen LogP contribution in [0.25, 0.3) is 0 Å². The molecule has 11 heavy (non-hydrogen) atoms. The van der Waals surface area contributed by atoms with Crippen LogP contribution in [0.15, 0.2) is 0 Å². The third-order valence-electron chi connectivity index (χ3n) is 1.02. The van der Waals surface area contributed by atoms with Crippen LogP contribution >= 0.6 is 7.14 Å². The van der Waals surface area contributed by atoms with E-state index in [2.05, 4.69) is 15.4 Å². The predicted octanol–water partition coefficient (Wildman–Crippen LogP) is 0.562. The van der Waals surface area contributed by atoms with Crippen LogP contribution in [0.3, 0.4) is 0 Å². The molecule has 1 heterocycles. The van der Waals surface area contributed by atoms with Gasteiger partial charge in [-0.1, -0.05) is 0 Å². The van der Waals surface area contributed by atoms with E-state index in [-0.39, 0.29) is 0 Å². The molecule has 0 aliphatic rings. The molecule has 62 valence electrons. The number of rotatable bonds is 2. The summed E-state index contributed by atoms with van der Waals surface area (Å²) in [6, 6.07) is 0. The van der Waals surface area contributed by atoms with Crippen molar-refractivity contribution < 1.29 is 4.57 Å². The second-order valence-electron chi connectivity index (χ2n) is 2.92. The van der Waals surface area contributed by atoms with Crippen LogP contribution in [-0.4, -0.2) is 33.5 Å². The van der Waals surface area contributed by atoms with E-state index in [4.69, 9.17) is 0 Å². The molecule has 0 N–H and O–H groups in total. The molecule has 0 atom stereocenters. The lowest BCUT2D eigenvalue weighted by molar-refractivity contribution is 0.548. The SMILES string of the molecule is Cc1nnn(CP(C)(C)=O)n1. The number of aromatic nitrogens is 4. The number of aryl methyl sites for hydroxylation is 1. The molecule has 0 unspecified atom stereocenters. The van der Waals surface area contributed by atoms with E-state index >= 15 is 0 Å². The summed E-state index contributed by atoms with van der Waals surface area (Å²) in [5, 5.41) is 11.3. The molecule has 0 amide bonds. The van der Waals surface area contributed by atoms with E-state index in [0.717, 1.165) is 0 Å². The molecule has 0 aromatic carbocycles. The fourth-order valence-corrected chi connectivity index (χ4v) is 1.42. The lowest BCUT2D eigenvalue weighted by Gasteiger charge is -2.02. The second kappa shape index (κ2) is 2.74. The summed E-state index contributed by atoms with van der Waals surface area (Å²) in [7, 11) is -2.08. The van der Waals surface area contributed by atoms with Gasteiger partial charge in [0.05, 0.1) is 0 Å². The minimum atomic E-state index is -2.08. The largest absolute Gasteiger partial charge is 0.322 e. The Morgan fingerprint density at radius 3 is 2.55 bits per heavy atom. The van der Waals surface area contributed by atoms with Gasteiger partial charge in [-0.2, -0.15) is 4.80 Å². The molecule has 0 saturated heterocycles. The summed E-state index contributed by atoms with van der Waals surface area (Å²) in [4.78, 5) is 1.37. The molecule has 0 aliphatic carbocycles. The van der Waals surface area contributed by atoms with Gasteiger partial charge >= 0.3 is 0 Å². The quantitative estimate of drug-likeness (QED) is 0.614. The highest BCUT2D eigenvalue weighted by Crippen LogP contribution is 2.36. The Labute approximate surface area is 65.2 Å². The van der Waals surface area contributed by atoms with Crippen LogP contribution in [0.1, 0.15) is 5.82 Å². The van der Waals surface area contributed by atoms with E-state index in [9.17, 15) is 4.57 Å². The molecular formula is C5H11N4OP. The van der Waals surface area contributed by atoms with Crippen LogP contribution in [0.2, 0.25) is 0 Å². The molecule has 0 aliphatic heterocycles. The molecule has 0 spiro atoms. The zero-order valence-corrected chi connectivity index (χ0v) is 7.75. The smallest absolute Gasteiger partial charge is 0.171 e. The van der Waals surface area contributed by atoms with E-state index < -0.39 is 7.14 Å². The van der Waals surface area contributed by atoms with Gasteiger partial charge in [0.2, 0.25) is 0 Å². The fourth-order valence-electron chi connectivity index (χ4n) is 0.688. The van der Waals surface area contributed by atoms with Crippen molar-refractivity contribution >= 4 is 7.14 Å². The highest BCUT2D eigenvalue weighted by Gasteiger charge is 2.09. The average molecular weight is 174 g/mol. The van der Waals surface area contributed by atoms with Crippen molar-refractivity contribution in [3.63, 3.8) is 0 Å². The van der Waals surface area contributed by atoms with Crippen molar-refractivity contribution in [1.29, 1.82) is 0 Å². The van der Waals surface area contributed by atoms with E-state index in [1.54, 1.807) is 20.3 Å². The Morgan fingerprint density at radius 2 is 2.18 bits per heavy atom. The van der Waals surface area contributed by atoms with Crippen LogP contribution in [-0.2, 0) is 10.9 Å². The normalized spacial score (nSPS) is 11.9. The number of hydrogen-bond acceptors (Lipinski definition) is 4. The Bertz CT molecular complexity index is 288. The van der Waals surface area contributed by atoms with Crippen molar-refractivity contribution in [2.45, 2.75) is 13.2 Å². The highest BCUT2D eigenvalue weighted by atomic mass is 31.2. The van der Waals surface area contributed by atoms with Gasteiger partial charge in [0.1, 0.15) is 13.4 Å². The first-order chi connectivity index (χ1) is 4.97. The first-order valence-electron chi connectivity index (χ1n) is 3.26. The zero-order valence-electron chi connectivity index (χ0n) is 6.85. The molecule has 0 saturated carbocycles. The second-order valence-corrected chi connectivity index (χ2v) is 6.35. The topological polar surface area (TPSA) is 60.7 Å². The summed E-state index contributed by atoms with van der Waals surface area (Å²) in [6.07, 6.45) is 0.369. The zero-order chi connectivity index (χ0) is 8.48. The van der Waals surface area contributed by atoms with Gasteiger partial charge in [-0.3, -0.25) is 0 Å². The van der Waals surface area contributed by atoms with E-state index in [1.165, 1.54) is 4.80 Å². The van der Waals surface area contributed by atoms with Crippen molar-refractivity contribution in [2.75, 3.05) is 13.3 Å². The van der Waals surface area contributed by atoms with Crippen LogP contribution in [0.4, 0.5) is 0 Å². The van der Waals surface area contributed by atoms with Crippen LogP contribution in [0, 0.1) is 6.92 Å². The van der Waals surface area contributed by atoms with Crippen LogP contribution in [0.5, 0.6) is 0 Å². The summed E-state index contributed by atoms with van der Waals surface area (Å²) < 4.78 is 11.3. The standard InChI is InChI=1S/C5H11N4OP/c1-5-6-8-9(7-5)4-11(2,3)10/h4H2,1-3H3. The first-order valence-corrected chi connectivity index (χ1v) is 6.04. The molecule has 6 heteroatoms. The molecule has 0 fully saturated rings. The van der Waals surface area contributed by atoms with Gasteiger partial charge in [-0.05, 0) is 25.5 Å². The summed E-state index contributed by atoms with van der Waals surface area (Å²) in [6.45, 7) is 5.15. The van der Waals surface area contributed by atoms with Gasteiger partial charge in [0.15, 0.2) is 5.82 Å². The lowest BCUT2D eigenvalue weighted by atomic mass is 10.8.